The molecule has 4 amide bonds. The first-order valence-corrected chi connectivity index (χ1v) is 17.0. The number of nitrogens with one attached hydrogen (secondary N) is 4. The number of alkyl carbamates (subject to hydrolysis) is 1. The molecule has 1 heterocycles. The summed E-state index contributed by atoms with van der Waals surface area (Å²) in [6.45, 7) is 11.1. The van der Waals surface area contributed by atoms with Crippen molar-refractivity contribution in [3.63, 3.8) is 0 Å². The molecule has 50 heavy (non-hydrogen) atoms. The predicted molar refractivity (Wildman–Crippen MR) is 195 cm³/mol. The van der Waals surface area contributed by atoms with E-state index < -0.39 is 17.7 Å². The largest absolute Gasteiger partial charge is 0.444 e. The Hall–Kier alpha value is -5.13. The molecule has 1 atom stereocenters. The minimum absolute atomic E-state index is 0.164. The van der Waals surface area contributed by atoms with Gasteiger partial charge in [-0.25, -0.2) is 14.8 Å². The van der Waals surface area contributed by atoms with Gasteiger partial charge >= 0.3 is 6.09 Å². The minimum Gasteiger partial charge on any atom is -0.444 e. The third-order valence-electron chi connectivity index (χ3n) is 8.64. The maximum atomic E-state index is 13.8. The molecule has 1 saturated carbocycles. The highest BCUT2D eigenvalue weighted by molar-refractivity contribution is 6.00. The molecule has 4 N–H and O–H groups in total. The molecule has 1 fully saturated rings. The lowest BCUT2D eigenvalue weighted by atomic mass is 9.81. The Morgan fingerprint density at radius 1 is 0.980 bits per heavy atom. The standard InChI is InChI=1S/C38H49N7O5/c1-23(39-7)28-15-17-31(18-16-28)44-35(48)33(45-34(47)29-13-11-26(12-14-29)21-41-37(49)50-38(4,5)6)20-27-9-8-10-30(19-27)32-22-40-36(42-24(32)2)43-25(3)46/h8-10,15-19,22,26,29,33H,11-14,20-21H2,1-7H3,(H,41,49)(H,44,48)(H,45,47)(H,40,42,43,46). The van der Waals surface area contributed by atoms with Crippen molar-refractivity contribution in [1.82, 2.24) is 20.6 Å². The fourth-order valence-electron chi connectivity index (χ4n) is 5.89. The number of aliphatic imine (C=N–C) groups is 1. The number of carbonyl (C=O) groups excluding carboxylic acids is 4. The van der Waals surface area contributed by atoms with Gasteiger partial charge in [0.15, 0.2) is 0 Å². The van der Waals surface area contributed by atoms with E-state index in [0.717, 1.165) is 40.8 Å². The Morgan fingerprint density at radius 2 is 1.68 bits per heavy atom. The monoisotopic (exact) mass is 683 g/mol. The van der Waals surface area contributed by atoms with Crippen LogP contribution in [0.15, 0.2) is 59.7 Å². The number of benzene rings is 2. The van der Waals surface area contributed by atoms with Gasteiger partial charge in [-0.3, -0.25) is 24.7 Å². The van der Waals surface area contributed by atoms with Crippen molar-refractivity contribution in [2.75, 3.05) is 24.2 Å². The van der Waals surface area contributed by atoms with E-state index in [0.29, 0.717) is 30.8 Å². The molecule has 266 valence electrons. The fraction of sp³-hybridized carbons (Fsp3) is 0.447. The summed E-state index contributed by atoms with van der Waals surface area (Å²) in [6, 6.07) is 14.3. The highest BCUT2D eigenvalue weighted by atomic mass is 16.6. The second-order valence-electron chi connectivity index (χ2n) is 13.8. The fourth-order valence-corrected chi connectivity index (χ4v) is 5.89. The van der Waals surface area contributed by atoms with Crippen molar-refractivity contribution in [2.24, 2.45) is 16.8 Å². The van der Waals surface area contributed by atoms with Crippen molar-refractivity contribution in [1.29, 1.82) is 0 Å². The van der Waals surface area contributed by atoms with Crippen LogP contribution in [0.1, 0.15) is 77.1 Å². The van der Waals surface area contributed by atoms with Gasteiger partial charge in [0, 0.05) is 56.0 Å². The van der Waals surface area contributed by atoms with Crippen molar-refractivity contribution in [2.45, 2.75) is 85.3 Å². The molecule has 1 aliphatic carbocycles. The molecule has 2 aromatic carbocycles. The first-order valence-electron chi connectivity index (χ1n) is 17.0. The van der Waals surface area contributed by atoms with Gasteiger partial charge in [0.05, 0.1) is 5.69 Å². The lowest BCUT2D eigenvalue weighted by Crippen LogP contribution is -2.48. The molecule has 4 rings (SSSR count). The summed E-state index contributed by atoms with van der Waals surface area (Å²) in [5.74, 6) is -0.512. The second-order valence-corrected chi connectivity index (χ2v) is 13.8. The van der Waals surface area contributed by atoms with Crippen LogP contribution >= 0.6 is 0 Å². The predicted octanol–water partition coefficient (Wildman–Crippen LogP) is 5.85. The van der Waals surface area contributed by atoms with Crippen molar-refractivity contribution < 1.29 is 23.9 Å². The average Bonchev–Trinajstić information content (AvgIpc) is 3.06. The number of nitrogens with zero attached hydrogens (tertiary/aromatic N) is 3. The lowest BCUT2D eigenvalue weighted by molar-refractivity contribution is -0.130. The Kier molecular flexibility index (Phi) is 12.8. The highest BCUT2D eigenvalue weighted by Gasteiger charge is 2.30. The summed E-state index contributed by atoms with van der Waals surface area (Å²) < 4.78 is 5.35. The number of aromatic nitrogens is 2. The molecule has 12 heteroatoms. The molecule has 0 bridgehead atoms. The minimum atomic E-state index is -0.845. The summed E-state index contributed by atoms with van der Waals surface area (Å²) in [7, 11) is 1.73. The Labute approximate surface area is 294 Å². The van der Waals surface area contributed by atoms with Crippen molar-refractivity contribution in [3.05, 3.63) is 71.5 Å². The van der Waals surface area contributed by atoms with Gasteiger partial charge in [-0.1, -0.05) is 36.4 Å². The summed E-state index contributed by atoms with van der Waals surface area (Å²) in [6.07, 6.45) is 4.34. The Morgan fingerprint density at radius 3 is 2.30 bits per heavy atom. The highest BCUT2D eigenvalue weighted by Crippen LogP contribution is 2.29. The molecule has 0 spiro atoms. The number of hydrogen-bond acceptors (Lipinski definition) is 8. The summed E-state index contributed by atoms with van der Waals surface area (Å²) in [5, 5.41) is 11.5. The van der Waals surface area contributed by atoms with E-state index in [9.17, 15) is 19.2 Å². The molecule has 0 radical (unpaired) electrons. The number of hydrogen-bond donors (Lipinski definition) is 4. The molecule has 1 unspecified atom stereocenters. The number of rotatable bonds is 11. The SMILES string of the molecule is CN=C(C)c1ccc(NC(=O)C(Cc2cccc(-c3cnc(NC(C)=O)nc3C)c2)NC(=O)C2CCC(CNC(=O)OC(C)(C)C)CC2)cc1. The van der Waals surface area contributed by atoms with Crippen LogP contribution in [-0.2, 0) is 25.5 Å². The average molecular weight is 684 g/mol. The molecule has 3 aromatic rings. The second kappa shape index (κ2) is 17.0. The summed E-state index contributed by atoms with van der Waals surface area (Å²) >= 11 is 0. The Bertz CT molecular complexity index is 1710. The van der Waals surface area contributed by atoms with Crippen molar-refractivity contribution in [3.8, 4) is 11.1 Å². The van der Waals surface area contributed by atoms with Gasteiger partial charge in [0.2, 0.25) is 23.7 Å². The van der Waals surface area contributed by atoms with Crippen molar-refractivity contribution >= 4 is 41.2 Å². The van der Waals surface area contributed by atoms with Crippen LogP contribution in [-0.4, -0.2) is 64.7 Å². The number of aryl methyl sites for hydroxylation is 1. The maximum absolute atomic E-state index is 13.8. The van der Waals surface area contributed by atoms with Crippen LogP contribution < -0.4 is 21.3 Å². The maximum Gasteiger partial charge on any atom is 0.407 e. The number of anilines is 2. The molecule has 1 aliphatic rings. The topological polar surface area (TPSA) is 164 Å². The zero-order valence-electron chi connectivity index (χ0n) is 30.1. The van der Waals surface area contributed by atoms with Crippen LogP contribution in [0.25, 0.3) is 11.1 Å². The number of amides is 4. The van der Waals surface area contributed by atoms with Gasteiger partial charge in [-0.2, -0.15) is 0 Å². The van der Waals surface area contributed by atoms with Gasteiger partial charge in [-0.15, -0.1) is 0 Å². The zero-order chi connectivity index (χ0) is 36.4. The number of carbonyl (C=O) groups is 4. The molecule has 1 aromatic heterocycles. The lowest BCUT2D eigenvalue weighted by Gasteiger charge is -2.29. The van der Waals surface area contributed by atoms with E-state index in [-0.39, 0.29) is 41.9 Å². The van der Waals surface area contributed by atoms with E-state index in [4.69, 9.17) is 4.74 Å². The molecule has 0 aliphatic heterocycles. The van der Waals surface area contributed by atoms with Crippen LogP contribution in [0, 0.1) is 18.8 Å². The quantitative estimate of drug-likeness (QED) is 0.184. The number of ether oxygens (including phenoxy) is 1. The summed E-state index contributed by atoms with van der Waals surface area (Å²) in [4.78, 5) is 63.9. The van der Waals surface area contributed by atoms with Gasteiger partial charge in [0.1, 0.15) is 11.6 Å². The van der Waals surface area contributed by atoms with E-state index in [1.54, 1.807) is 13.2 Å². The van der Waals surface area contributed by atoms with E-state index in [2.05, 4.69) is 36.2 Å². The van der Waals surface area contributed by atoms with Gasteiger partial charge < -0.3 is 20.7 Å². The molecule has 12 nitrogen and oxygen atoms in total. The van der Waals surface area contributed by atoms with E-state index in [1.807, 2.05) is 83.1 Å². The smallest absolute Gasteiger partial charge is 0.407 e. The van der Waals surface area contributed by atoms with Crippen LogP contribution in [0.3, 0.4) is 0 Å². The summed E-state index contributed by atoms with van der Waals surface area (Å²) in [5.41, 5.74) is 5.05. The van der Waals surface area contributed by atoms with Crippen LogP contribution in [0.4, 0.5) is 16.4 Å². The molecular formula is C38H49N7O5. The first-order chi connectivity index (χ1) is 23.7. The van der Waals surface area contributed by atoms with Gasteiger partial charge in [0.25, 0.3) is 0 Å². The van der Waals surface area contributed by atoms with E-state index in [1.165, 1.54) is 6.92 Å². The third kappa shape index (κ3) is 11.2. The van der Waals surface area contributed by atoms with Crippen LogP contribution in [0.2, 0.25) is 0 Å². The molecule has 0 saturated heterocycles. The van der Waals surface area contributed by atoms with E-state index >= 15 is 0 Å². The normalized spacial score (nSPS) is 16.9. The van der Waals surface area contributed by atoms with Crippen LogP contribution in [0.5, 0.6) is 0 Å². The molecular weight excluding hydrogens is 634 g/mol. The zero-order valence-corrected chi connectivity index (χ0v) is 30.1. The third-order valence-corrected chi connectivity index (χ3v) is 8.64. The van der Waals surface area contributed by atoms with Gasteiger partial charge in [-0.05, 0) is 95.0 Å². The Balaban J connectivity index is 1.47. The first kappa shape index (κ1) is 37.7.